The number of sulfonamides is 1. The summed E-state index contributed by atoms with van der Waals surface area (Å²) in [5.74, 6) is -0.245. The van der Waals surface area contributed by atoms with Crippen LogP contribution in [-0.2, 0) is 15.8 Å². The lowest BCUT2D eigenvalue weighted by molar-refractivity contribution is 0.376. The van der Waals surface area contributed by atoms with Gasteiger partial charge in [0.05, 0.1) is 5.75 Å². The second-order valence-corrected chi connectivity index (χ2v) is 6.76. The van der Waals surface area contributed by atoms with E-state index in [1.54, 1.807) is 6.07 Å². The second-order valence-electron chi connectivity index (χ2n) is 4.95. The number of piperidine rings is 1. The van der Waals surface area contributed by atoms with Crippen molar-refractivity contribution in [2.45, 2.75) is 18.6 Å². The molecule has 1 unspecified atom stereocenters. The fourth-order valence-electron chi connectivity index (χ4n) is 2.24. The Bertz CT molecular complexity index is 519. The quantitative estimate of drug-likeness (QED) is 0.867. The zero-order valence-corrected chi connectivity index (χ0v) is 12.8. The maximum absolute atomic E-state index is 13.0. The zero-order valence-electron chi connectivity index (χ0n) is 11.1. The minimum atomic E-state index is -3.40. The summed E-state index contributed by atoms with van der Waals surface area (Å²) in [6.07, 6.45) is 2.12. The maximum atomic E-state index is 13.0. The van der Waals surface area contributed by atoms with E-state index in [9.17, 15) is 12.8 Å². The summed E-state index contributed by atoms with van der Waals surface area (Å²) in [5, 5.41) is 3.24. The van der Waals surface area contributed by atoms with Gasteiger partial charge in [-0.05, 0) is 49.5 Å². The van der Waals surface area contributed by atoms with Crippen molar-refractivity contribution in [3.05, 3.63) is 35.6 Å². The van der Waals surface area contributed by atoms with Gasteiger partial charge in [0.2, 0.25) is 10.0 Å². The van der Waals surface area contributed by atoms with Crippen LogP contribution in [-0.4, -0.2) is 28.1 Å². The first-order valence-corrected chi connectivity index (χ1v) is 8.13. The molecule has 1 aromatic carbocycles. The number of hydrogen-bond donors (Lipinski definition) is 2. The van der Waals surface area contributed by atoms with Gasteiger partial charge >= 0.3 is 0 Å². The van der Waals surface area contributed by atoms with Gasteiger partial charge in [-0.25, -0.2) is 17.5 Å². The Kier molecular flexibility index (Phi) is 6.88. The first kappa shape index (κ1) is 17.4. The molecule has 1 aliphatic heterocycles. The molecule has 1 aliphatic rings. The number of hydrogen-bond acceptors (Lipinski definition) is 3. The third kappa shape index (κ3) is 5.75. The highest BCUT2D eigenvalue weighted by molar-refractivity contribution is 7.88. The van der Waals surface area contributed by atoms with Crippen LogP contribution in [0.1, 0.15) is 18.4 Å². The molecular formula is C13H20ClFN2O2S. The predicted octanol–water partition coefficient (Wildman–Crippen LogP) is 1.67. The van der Waals surface area contributed by atoms with Crippen molar-refractivity contribution in [2.24, 2.45) is 5.92 Å². The van der Waals surface area contributed by atoms with Gasteiger partial charge in [-0.15, -0.1) is 12.4 Å². The minimum Gasteiger partial charge on any atom is -0.316 e. The Labute approximate surface area is 125 Å². The standard InChI is InChI=1S/C13H19FN2O2S.ClH/c14-13-5-1-3-11(7-13)10-19(17,18)16-9-12-4-2-6-15-8-12;/h1,3,5,7,12,15-16H,2,4,6,8-10H2;1H. The Morgan fingerprint density at radius 2 is 2.20 bits per heavy atom. The van der Waals surface area contributed by atoms with Crippen LogP contribution in [0.3, 0.4) is 0 Å². The van der Waals surface area contributed by atoms with Crippen molar-refractivity contribution in [1.29, 1.82) is 0 Å². The Morgan fingerprint density at radius 3 is 2.85 bits per heavy atom. The fraction of sp³-hybridized carbons (Fsp3) is 0.538. The van der Waals surface area contributed by atoms with Gasteiger partial charge in [-0.1, -0.05) is 12.1 Å². The molecule has 114 valence electrons. The van der Waals surface area contributed by atoms with Gasteiger partial charge in [0, 0.05) is 6.54 Å². The number of rotatable bonds is 5. The van der Waals surface area contributed by atoms with E-state index in [0.29, 0.717) is 18.0 Å². The molecule has 0 aromatic heterocycles. The highest BCUT2D eigenvalue weighted by Gasteiger charge is 2.17. The third-order valence-corrected chi connectivity index (χ3v) is 4.56. The molecule has 1 atom stereocenters. The minimum absolute atomic E-state index is 0. The first-order valence-electron chi connectivity index (χ1n) is 6.48. The fourth-order valence-corrected chi connectivity index (χ4v) is 3.45. The lowest BCUT2D eigenvalue weighted by Gasteiger charge is -2.22. The van der Waals surface area contributed by atoms with Crippen LogP contribution in [0.4, 0.5) is 4.39 Å². The molecule has 1 fully saturated rings. The van der Waals surface area contributed by atoms with E-state index in [1.807, 2.05) is 0 Å². The topological polar surface area (TPSA) is 58.2 Å². The van der Waals surface area contributed by atoms with Crippen LogP contribution in [0.5, 0.6) is 0 Å². The lowest BCUT2D eigenvalue weighted by Crippen LogP contribution is -2.38. The Hall–Kier alpha value is -0.690. The summed E-state index contributed by atoms with van der Waals surface area (Å²) in [5.41, 5.74) is 0.467. The molecule has 1 saturated heterocycles. The molecule has 2 rings (SSSR count). The van der Waals surface area contributed by atoms with Crippen molar-refractivity contribution in [2.75, 3.05) is 19.6 Å². The number of nitrogens with one attached hydrogen (secondary N) is 2. The molecule has 1 aromatic rings. The molecule has 0 amide bonds. The smallest absolute Gasteiger partial charge is 0.215 e. The molecule has 0 saturated carbocycles. The molecule has 7 heteroatoms. The highest BCUT2D eigenvalue weighted by atomic mass is 35.5. The summed E-state index contributed by atoms with van der Waals surface area (Å²) in [7, 11) is -3.40. The van der Waals surface area contributed by atoms with Gasteiger partial charge in [0.25, 0.3) is 0 Å². The summed E-state index contributed by atoms with van der Waals surface area (Å²) >= 11 is 0. The monoisotopic (exact) mass is 322 g/mol. The normalized spacial score (nSPS) is 19.4. The SMILES string of the molecule is Cl.O=S(=O)(Cc1cccc(F)c1)NCC1CCCNC1. The van der Waals surface area contributed by atoms with E-state index < -0.39 is 15.8 Å². The van der Waals surface area contributed by atoms with E-state index in [-0.39, 0.29) is 18.2 Å². The van der Waals surface area contributed by atoms with E-state index in [0.717, 1.165) is 25.9 Å². The largest absolute Gasteiger partial charge is 0.316 e. The van der Waals surface area contributed by atoms with Crippen LogP contribution in [0.2, 0.25) is 0 Å². The third-order valence-electron chi connectivity index (χ3n) is 3.24. The van der Waals surface area contributed by atoms with Crippen molar-refractivity contribution in [3.8, 4) is 0 Å². The van der Waals surface area contributed by atoms with E-state index in [1.165, 1.54) is 18.2 Å². The molecule has 1 heterocycles. The summed E-state index contributed by atoms with van der Waals surface area (Å²) < 4.78 is 39.4. The van der Waals surface area contributed by atoms with Crippen molar-refractivity contribution in [3.63, 3.8) is 0 Å². The van der Waals surface area contributed by atoms with E-state index >= 15 is 0 Å². The number of benzene rings is 1. The number of halogens is 2. The summed E-state index contributed by atoms with van der Waals surface area (Å²) in [4.78, 5) is 0. The zero-order chi connectivity index (χ0) is 13.7. The van der Waals surface area contributed by atoms with Crippen molar-refractivity contribution >= 4 is 22.4 Å². The molecule has 20 heavy (non-hydrogen) atoms. The average Bonchev–Trinajstić information content (AvgIpc) is 2.37. The Balaban J connectivity index is 0.00000200. The van der Waals surface area contributed by atoms with Gasteiger partial charge in [0.1, 0.15) is 5.82 Å². The molecule has 0 spiro atoms. The maximum Gasteiger partial charge on any atom is 0.215 e. The lowest BCUT2D eigenvalue weighted by atomic mass is 10.0. The molecule has 4 nitrogen and oxygen atoms in total. The van der Waals surface area contributed by atoms with Gasteiger partial charge in [-0.3, -0.25) is 0 Å². The van der Waals surface area contributed by atoms with Crippen LogP contribution in [0, 0.1) is 11.7 Å². The molecule has 0 radical (unpaired) electrons. The van der Waals surface area contributed by atoms with Crippen LogP contribution >= 0.6 is 12.4 Å². The van der Waals surface area contributed by atoms with Gasteiger partial charge < -0.3 is 5.32 Å². The highest BCUT2D eigenvalue weighted by Crippen LogP contribution is 2.11. The molecule has 0 aliphatic carbocycles. The van der Waals surface area contributed by atoms with Gasteiger partial charge in [0.15, 0.2) is 0 Å². The molecule has 0 bridgehead atoms. The summed E-state index contributed by atoms with van der Waals surface area (Å²) in [6, 6.07) is 5.69. The Morgan fingerprint density at radius 1 is 1.40 bits per heavy atom. The van der Waals surface area contributed by atoms with Gasteiger partial charge in [-0.2, -0.15) is 0 Å². The second kappa shape index (κ2) is 7.93. The van der Waals surface area contributed by atoms with Crippen LogP contribution < -0.4 is 10.0 Å². The van der Waals surface area contributed by atoms with Crippen molar-refractivity contribution < 1.29 is 12.8 Å². The predicted molar refractivity (Wildman–Crippen MR) is 79.9 cm³/mol. The molecular weight excluding hydrogens is 303 g/mol. The summed E-state index contributed by atoms with van der Waals surface area (Å²) in [6.45, 7) is 2.31. The van der Waals surface area contributed by atoms with Crippen LogP contribution in [0.25, 0.3) is 0 Å². The average molecular weight is 323 g/mol. The molecule has 2 N–H and O–H groups in total. The van der Waals surface area contributed by atoms with Crippen LogP contribution in [0.15, 0.2) is 24.3 Å². The first-order chi connectivity index (χ1) is 9.05. The van der Waals surface area contributed by atoms with E-state index in [4.69, 9.17) is 0 Å². The van der Waals surface area contributed by atoms with Crippen molar-refractivity contribution in [1.82, 2.24) is 10.0 Å². The van der Waals surface area contributed by atoms with E-state index in [2.05, 4.69) is 10.0 Å².